The standard InChI is InChI=1S/C46H37F9N4O5/c1-28-24-38(18-19-40(28)49)59(23-21-36-17-11-32(27-57-36)46(53,54)55)42(61)44(63,30-8-14-34(48)15-9-30)43(62,29-6-12-33(47)13-7-29)41(60)58(37-4-3-5-39(25-37)64-2)22-20-35-16-10-31(26-56-35)45(50,51)52/h3-19,24-27,62-63H,20-23H2,1-2H3/t43-,44+/m0/s1. The van der Waals surface area contributed by atoms with Crippen LogP contribution in [0, 0.1) is 24.4 Å². The Hall–Kier alpha value is -6.79. The lowest BCUT2D eigenvalue weighted by atomic mass is 9.71. The lowest BCUT2D eigenvalue weighted by Crippen LogP contribution is -2.66. The fourth-order valence-electron chi connectivity index (χ4n) is 6.95. The largest absolute Gasteiger partial charge is 0.497 e. The topological polar surface area (TPSA) is 116 Å². The summed E-state index contributed by atoms with van der Waals surface area (Å²) in [5.74, 6) is -5.28. The number of aliphatic hydroxyl groups is 2. The van der Waals surface area contributed by atoms with E-state index in [1.165, 1.54) is 44.4 Å². The fraction of sp³-hybridized carbons (Fsp3) is 0.217. The number of ether oxygens (including phenoxy) is 1. The van der Waals surface area contributed by atoms with E-state index in [9.17, 15) is 49.7 Å². The van der Waals surface area contributed by atoms with Gasteiger partial charge in [-0.2, -0.15) is 26.3 Å². The summed E-state index contributed by atoms with van der Waals surface area (Å²) in [5, 5.41) is 26.7. The van der Waals surface area contributed by atoms with Crippen LogP contribution in [-0.2, 0) is 46.0 Å². The lowest BCUT2D eigenvalue weighted by Gasteiger charge is -2.46. The van der Waals surface area contributed by atoms with Gasteiger partial charge in [0.25, 0.3) is 11.8 Å². The van der Waals surface area contributed by atoms with E-state index in [2.05, 4.69) is 9.97 Å². The highest BCUT2D eigenvalue weighted by molar-refractivity contribution is 6.10. The number of rotatable bonds is 14. The first kappa shape index (κ1) is 46.7. The second-order valence-corrected chi connectivity index (χ2v) is 14.6. The molecule has 9 nitrogen and oxygen atoms in total. The van der Waals surface area contributed by atoms with Gasteiger partial charge in [-0.15, -0.1) is 0 Å². The van der Waals surface area contributed by atoms with Crippen molar-refractivity contribution in [1.29, 1.82) is 0 Å². The van der Waals surface area contributed by atoms with Crippen LogP contribution < -0.4 is 14.5 Å². The number of pyridine rings is 2. The molecule has 0 fully saturated rings. The number of anilines is 2. The van der Waals surface area contributed by atoms with Crippen LogP contribution in [0.5, 0.6) is 5.75 Å². The Labute approximate surface area is 360 Å². The molecule has 0 aliphatic rings. The smallest absolute Gasteiger partial charge is 0.417 e. The Morgan fingerprint density at radius 3 is 1.38 bits per heavy atom. The molecule has 0 aliphatic heterocycles. The molecule has 64 heavy (non-hydrogen) atoms. The van der Waals surface area contributed by atoms with Crippen LogP contribution in [0.15, 0.2) is 128 Å². The summed E-state index contributed by atoms with van der Waals surface area (Å²) in [4.78, 5) is 40.7. The monoisotopic (exact) mass is 896 g/mol. The highest BCUT2D eigenvalue weighted by atomic mass is 19.4. The van der Waals surface area contributed by atoms with Gasteiger partial charge in [0.2, 0.25) is 11.2 Å². The van der Waals surface area contributed by atoms with Crippen LogP contribution in [0.4, 0.5) is 50.9 Å². The molecule has 0 spiro atoms. The Morgan fingerprint density at radius 1 is 0.578 bits per heavy atom. The third-order valence-corrected chi connectivity index (χ3v) is 10.5. The molecule has 2 heterocycles. The molecule has 334 valence electrons. The van der Waals surface area contributed by atoms with E-state index < -0.39 is 88.2 Å². The van der Waals surface area contributed by atoms with Crippen molar-refractivity contribution in [2.45, 2.75) is 43.3 Å². The van der Waals surface area contributed by atoms with Crippen molar-refractivity contribution in [2.24, 2.45) is 0 Å². The summed E-state index contributed by atoms with van der Waals surface area (Å²) in [6.45, 7) is 0.307. The molecule has 0 aliphatic carbocycles. The predicted molar refractivity (Wildman–Crippen MR) is 215 cm³/mol. The summed E-state index contributed by atoms with van der Waals surface area (Å²) >= 11 is 0. The van der Waals surface area contributed by atoms with Gasteiger partial charge in [0.15, 0.2) is 0 Å². The molecule has 2 atom stereocenters. The zero-order chi connectivity index (χ0) is 46.6. The molecule has 2 N–H and O–H groups in total. The van der Waals surface area contributed by atoms with E-state index in [0.717, 1.165) is 94.7 Å². The number of hydrogen-bond acceptors (Lipinski definition) is 7. The number of alkyl halides is 6. The van der Waals surface area contributed by atoms with Gasteiger partial charge in [0, 0.05) is 67.2 Å². The van der Waals surface area contributed by atoms with E-state index >= 15 is 9.59 Å². The fourth-order valence-corrected chi connectivity index (χ4v) is 6.95. The second kappa shape index (κ2) is 18.5. The minimum Gasteiger partial charge on any atom is -0.497 e. The van der Waals surface area contributed by atoms with Crippen molar-refractivity contribution in [3.05, 3.63) is 184 Å². The van der Waals surface area contributed by atoms with Crippen molar-refractivity contribution in [3.63, 3.8) is 0 Å². The lowest BCUT2D eigenvalue weighted by molar-refractivity contribution is -0.188. The van der Waals surface area contributed by atoms with Crippen LogP contribution in [0.1, 0.15) is 39.2 Å². The summed E-state index contributed by atoms with van der Waals surface area (Å²) in [5.41, 5.74) is -10.5. The second-order valence-electron chi connectivity index (χ2n) is 14.6. The SMILES string of the molecule is COc1cccc(N(CCc2ccc(C(F)(F)F)cn2)C(=O)[C@@](O)(c2ccc(F)cc2)[C@](O)(C(=O)N(CCc2ccc(C(F)(F)F)cn2)c2ccc(F)c(C)c2)c2ccc(F)cc2)c1. The van der Waals surface area contributed by atoms with Crippen LogP contribution in [0.25, 0.3) is 0 Å². The summed E-state index contributed by atoms with van der Waals surface area (Å²) in [6.07, 6.45) is -8.90. The van der Waals surface area contributed by atoms with E-state index in [-0.39, 0.29) is 46.9 Å². The predicted octanol–water partition coefficient (Wildman–Crippen LogP) is 8.88. The first-order valence-corrected chi connectivity index (χ1v) is 19.2. The van der Waals surface area contributed by atoms with E-state index in [1.54, 1.807) is 0 Å². The van der Waals surface area contributed by atoms with Crippen molar-refractivity contribution in [3.8, 4) is 5.75 Å². The maximum atomic E-state index is 15.6. The number of benzene rings is 4. The highest BCUT2D eigenvalue weighted by Crippen LogP contribution is 2.46. The van der Waals surface area contributed by atoms with Crippen LogP contribution in [-0.4, -0.2) is 52.2 Å². The number of hydrogen-bond donors (Lipinski definition) is 2. The molecule has 0 saturated heterocycles. The number of aryl methyl sites for hydroxylation is 1. The number of aromatic nitrogens is 2. The third kappa shape index (κ3) is 9.72. The zero-order valence-electron chi connectivity index (χ0n) is 33.8. The molecule has 18 heteroatoms. The number of methoxy groups -OCH3 is 1. The van der Waals surface area contributed by atoms with Gasteiger partial charge in [-0.3, -0.25) is 19.6 Å². The van der Waals surface area contributed by atoms with Crippen molar-refractivity contribution in [2.75, 3.05) is 30.0 Å². The Bertz CT molecular complexity index is 2590. The number of amides is 2. The van der Waals surface area contributed by atoms with Crippen molar-refractivity contribution >= 4 is 23.2 Å². The molecule has 0 unspecified atom stereocenters. The Kier molecular flexibility index (Phi) is 13.5. The average Bonchev–Trinajstić information content (AvgIpc) is 3.27. The van der Waals surface area contributed by atoms with Gasteiger partial charge in [0.1, 0.15) is 23.2 Å². The molecule has 2 amide bonds. The van der Waals surface area contributed by atoms with Crippen molar-refractivity contribution in [1.82, 2.24) is 9.97 Å². The molecular formula is C46H37F9N4O5. The van der Waals surface area contributed by atoms with E-state index in [0.29, 0.717) is 12.4 Å². The summed E-state index contributed by atoms with van der Waals surface area (Å²) < 4.78 is 130. The van der Waals surface area contributed by atoms with Crippen LogP contribution in [0.3, 0.4) is 0 Å². The van der Waals surface area contributed by atoms with Gasteiger partial charge >= 0.3 is 12.4 Å². The maximum Gasteiger partial charge on any atom is 0.417 e. The summed E-state index contributed by atoms with van der Waals surface area (Å²) in [6, 6.07) is 19.5. The Morgan fingerprint density at radius 2 is 1.00 bits per heavy atom. The number of carbonyl (C=O) groups is 2. The van der Waals surface area contributed by atoms with Crippen LogP contribution >= 0.6 is 0 Å². The van der Waals surface area contributed by atoms with Crippen LogP contribution in [0.2, 0.25) is 0 Å². The van der Waals surface area contributed by atoms with Gasteiger partial charge < -0.3 is 24.7 Å². The first-order valence-electron chi connectivity index (χ1n) is 19.2. The summed E-state index contributed by atoms with van der Waals surface area (Å²) in [7, 11) is 1.31. The van der Waals surface area contributed by atoms with E-state index in [1.807, 2.05) is 0 Å². The number of nitrogens with zero attached hydrogens (tertiary/aromatic N) is 4. The molecule has 0 saturated carbocycles. The Balaban J connectivity index is 1.56. The van der Waals surface area contributed by atoms with Gasteiger partial charge in [-0.1, -0.05) is 30.3 Å². The van der Waals surface area contributed by atoms with Gasteiger partial charge in [0.05, 0.1) is 18.2 Å². The van der Waals surface area contributed by atoms with Gasteiger partial charge in [-0.25, -0.2) is 13.2 Å². The number of carbonyl (C=O) groups excluding carboxylic acids is 2. The maximum absolute atomic E-state index is 15.6. The molecule has 2 aromatic heterocycles. The minimum absolute atomic E-state index is 0.0146. The molecule has 0 bridgehead atoms. The minimum atomic E-state index is -4.73. The quantitative estimate of drug-likeness (QED) is 0.105. The molecular weight excluding hydrogens is 860 g/mol. The highest BCUT2D eigenvalue weighted by Gasteiger charge is 2.64. The normalized spacial score (nSPS) is 13.7. The zero-order valence-corrected chi connectivity index (χ0v) is 33.8. The van der Waals surface area contributed by atoms with Crippen molar-refractivity contribution < 1.29 is 64.1 Å². The molecule has 6 rings (SSSR count). The van der Waals surface area contributed by atoms with E-state index in [4.69, 9.17) is 4.74 Å². The number of halogens is 9. The average molecular weight is 897 g/mol. The first-order chi connectivity index (χ1) is 30.2. The molecule has 4 aromatic carbocycles. The van der Waals surface area contributed by atoms with Gasteiger partial charge in [-0.05, 0) is 102 Å². The molecule has 6 aromatic rings. The third-order valence-electron chi connectivity index (χ3n) is 10.5. The molecule has 0 radical (unpaired) electrons.